The molecule has 1 N–H and O–H groups in total. The quantitative estimate of drug-likeness (QED) is 0.868. The largest absolute Gasteiger partial charge is 0.392 e. The highest BCUT2D eigenvalue weighted by Crippen LogP contribution is 2.10. The van der Waals surface area contributed by atoms with E-state index in [1.165, 1.54) is 5.56 Å². The summed E-state index contributed by atoms with van der Waals surface area (Å²) in [4.78, 5) is 0. The molecule has 1 aromatic heterocycles. The van der Waals surface area contributed by atoms with Crippen molar-refractivity contribution < 1.29 is 5.11 Å². The molecule has 0 bridgehead atoms. The maximum absolute atomic E-state index is 8.81. The maximum atomic E-state index is 8.81. The summed E-state index contributed by atoms with van der Waals surface area (Å²) in [6, 6.07) is 10.1. The Morgan fingerprint density at radius 1 is 1.35 bits per heavy atom. The Kier molecular flexibility index (Phi) is 3.67. The van der Waals surface area contributed by atoms with Gasteiger partial charge in [-0.2, -0.15) is 0 Å². The number of hydrogen-bond donors (Lipinski definition) is 1. The lowest BCUT2D eigenvalue weighted by atomic mass is 10.2. The minimum Gasteiger partial charge on any atom is -0.392 e. The third-order valence-corrected chi connectivity index (χ3v) is 2.53. The molecule has 2 rings (SSSR count). The first-order valence-electron chi connectivity index (χ1n) is 5.51. The normalized spacial score (nSPS) is 11.8. The molecule has 4 heteroatoms. The zero-order valence-corrected chi connectivity index (χ0v) is 9.74. The second kappa shape index (κ2) is 5.41. The lowest BCUT2D eigenvalue weighted by Gasteiger charge is -1.99. The van der Waals surface area contributed by atoms with Crippen molar-refractivity contribution >= 4 is 5.57 Å². The minimum absolute atomic E-state index is 0.0252. The van der Waals surface area contributed by atoms with Crippen LogP contribution in [-0.4, -0.2) is 26.7 Å². The van der Waals surface area contributed by atoms with Gasteiger partial charge in [0.1, 0.15) is 5.69 Å². The number of aromatic nitrogens is 3. The molecule has 0 aliphatic carbocycles. The van der Waals surface area contributed by atoms with Gasteiger partial charge in [0.15, 0.2) is 0 Å². The number of hydrogen-bond acceptors (Lipinski definition) is 3. The Labute approximate surface area is 100 Å². The van der Waals surface area contributed by atoms with Gasteiger partial charge < -0.3 is 5.11 Å². The fourth-order valence-electron chi connectivity index (χ4n) is 1.57. The van der Waals surface area contributed by atoms with Crippen molar-refractivity contribution in [1.82, 2.24) is 15.0 Å². The Hall–Kier alpha value is -1.94. The van der Waals surface area contributed by atoms with Gasteiger partial charge in [-0.1, -0.05) is 41.6 Å². The SMILES string of the molecule is C/C(=C\CO)c1cn(Cc2ccccc2)nn1. The van der Waals surface area contributed by atoms with E-state index in [-0.39, 0.29) is 6.61 Å². The molecule has 0 amide bonds. The van der Waals surface area contributed by atoms with Gasteiger partial charge in [-0.15, -0.1) is 5.10 Å². The molecular formula is C13H15N3O. The van der Waals surface area contributed by atoms with E-state index in [1.54, 1.807) is 10.8 Å². The van der Waals surface area contributed by atoms with Crippen LogP contribution in [0.25, 0.3) is 5.57 Å². The minimum atomic E-state index is 0.0252. The van der Waals surface area contributed by atoms with Crippen LogP contribution < -0.4 is 0 Å². The summed E-state index contributed by atoms with van der Waals surface area (Å²) in [5.74, 6) is 0. The average Bonchev–Trinajstić information content (AvgIpc) is 2.79. The van der Waals surface area contributed by atoms with Crippen molar-refractivity contribution in [2.24, 2.45) is 0 Å². The molecule has 88 valence electrons. The molecule has 0 radical (unpaired) electrons. The van der Waals surface area contributed by atoms with Crippen LogP contribution in [0.3, 0.4) is 0 Å². The average molecular weight is 229 g/mol. The van der Waals surface area contributed by atoms with Crippen molar-refractivity contribution in [1.29, 1.82) is 0 Å². The molecule has 0 aliphatic heterocycles. The van der Waals surface area contributed by atoms with Gasteiger partial charge in [-0.05, 0) is 18.1 Å². The number of aliphatic hydroxyl groups excluding tert-OH is 1. The van der Waals surface area contributed by atoms with E-state index in [0.717, 1.165) is 11.3 Å². The van der Waals surface area contributed by atoms with E-state index < -0.39 is 0 Å². The molecule has 1 aromatic carbocycles. The van der Waals surface area contributed by atoms with E-state index in [9.17, 15) is 0 Å². The molecule has 2 aromatic rings. The van der Waals surface area contributed by atoms with Crippen molar-refractivity contribution in [3.05, 3.63) is 53.9 Å². The van der Waals surface area contributed by atoms with Crippen LogP contribution in [0, 0.1) is 0 Å². The Morgan fingerprint density at radius 3 is 2.82 bits per heavy atom. The summed E-state index contributed by atoms with van der Waals surface area (Å²) in [5.41, 5.74) is 2.93. The van der Waals surface area contributed by atoms with Crippen LogP contribution in [0.4, 0.5) is 0 Å². The third-order valence-electron chi connectivity index (χ3n) is 2.53. The molecule has 0 fully saturated rings. The first kappa shape index (κ1) is 11.5. The fourth-order valence-corrected chi connectivity index (χ4v) is 1.57. The second-order valence-corrected chi connectivity index (χ2v) is 3.86. The van der Waals surface area contributed by atoms with E-state index in [4.69, 9.17) is 5.11 Å². The highest BCUT2D eigenvalue weighted by Gasteiger charge is 2.02. The van der Waals surface area contributed by atoms with Gasteiger partial charge in [0.25, 0.3) is 0 Å². The molecule has 17 heavy (non-hydrogen) atoms. The molecule has 0 spiro atoms. The number of rotatable bonds is 4. The Morgan fingerprint density at radius 2 is 2.12 bits per heavy atom. The van der Waals surface area contributed by atoms with Gasteiger partial charge in [0, 0.05) is 0 Å². The molecule has 0 unspecified atom stereocenters. The summed E-state index contributed by atoms with van der Waals surface area (Å²) in [7, 11) is 0. The number of allylic oxidation sites excluding steroid dienone is 1. The van der Waals surface area contributed by atoms with Crippen LogP contribution in [0.2, 0.25) is 0 Å². The second-order valence-electron chi connectivity index (χ2n) is 3.86. The molecule has 0 aliphatic rings. The van der Waals surface area contributed by atoms with Crippen LogP contribution in [0.1, 0.15) is 18.2 Å². The van der Waals surface area contributed by atoms with Crippen molar-refractivity contribution in [3.8, 4) is 0 Å². The van der Waals surface area contributed by atoms with Crippen LogP contribution in [0.15, 0.2) is 42.6 Å². The molecular weight excluding hydrogens is 214 g/mol. The van der Waals surface area contributed by atoms with Gasteiger partial charge in [0.2, 0.25) is 0 Å². The summed E-state index contributed by atoms with van der Waals surface area (Å²) in [5, 5.41) is 16.9. The Balaban J connectivity index is 2.12. The molecule has 0 saturated heterocycles. The highest BCUT2D eigenvalue weighted by atomic mass is 16.2. The van der Waals surface area contributed by atoms with Crippen molar-refractivity contribution in [2.75, 3.05) is 6.61 Å². The monoisotopic (exact) mass is 229 g/mol. The first-order chi connectivity index (χ1) is 8.29. The van der Waals surface area contributed by atoms with Crippen molar-refractivity contribution in [3.63, 3.8) is 0 Å². The van der Waals surface area contributed by atoms with Gasteiger partial charge in [-0.3, -0.25) is 0 Å². The van der Waals surface area contributed by atoms with Crippen LogP contribution in [-0.2, 0) is 6.54 Å². The lowest BCUT2D eigenvalue weighted by Crippen LogP contribution is -1.99. The smallest absolute Gasteiger partial charge is 0.108 e. The lowest BCUT2D eigenvalue weighted by molar-refractivity contribution is 0.343. The summed E-state index contributed by atoms with van der Waals surface area (Å²) in [6.45, 7) is 2.64. The molecule has 0 saturated carbocycles. The standard InChI is InChI=1S/C13H15N3O/c1-11(7-8-17)13-10-16(15-14-13)9-12-5-3-2-4-6-12/h2-7,10,17H,8-9H2,1H3/b11-7+. The zero-order valence-electron chi connectivity index (χ0n) is 9.74. The number of aliphatic hydroxyl groups is 1. The van der Waals surface area contributed by atoms with E-state index in [2.05, 4.69) is 22.4 Å². The van der Waals surface area contributed by atoms with E-state index in [0.29, 0.717) is 6.54 Å². The topological polar surface area (TPSA) is 50.9 Å². The predicted molar refractivity (Wildman–Crippen MR) is 66.3 cm³/mol. The summed E-state index contributed by atoms with van der Waals surface area (Å²) >= 11 is 0. The number of nitrogens with zero attached hydrogens (tertiary/aromatic N) is 3. The Bertz CT molecular complexity index is 502. The van der Waals surface area contributed by atoms with E-state index in [1.807, 2.05) is 31.3 Å². The summed E-state index contributed by atoms with van der Waals surface area (Å²) < 4.78 is 1.79. The zero-order chi connectivity index (χ0) is 12.1. The predicted octanol–water partition coefficient (Wildman–Crippen LogP) is 1.72. The highest BCUT2D eigenvalue weighted by molar-refractivity contribution is 5.59. The molecule has 0 atom stereocenters. The van der Waals surface area contributed by atoms with E-state index >= 15 is 0 Å². The maximum Gasteiger partial charge on any atom is 0.108 e. The van der Waals surface area contributed by atoms with Gasteiger partial charge in [-0.25, -0.2) is 4.68 Å². The number of benzene rings is 1. The molecule has 4 nitrogen and oxygen atoms in total. The third kappa shape index (κ3) is 3.01. The van der Waals surface area contributed by atoms with Gasteiger partial charge >= 0.3 is 0 Å². The van der Waals surface area contributed by atoms with Crippen LogP contribution in [0.5, 0.6) is 0 Å². The summed E-state index contributed by atoms with van der Waals surface area (Å²) in [6.07, 6.45) is 3.60. The van der Waals surface area contributed by atoms with Crippen LogP contribution >= 0.6 is 0 Å². The van der Waals surface area contributed by atoms with Gasteiger partial charge in [0.05, 0.1) is 19.3 Å². The van der Waals surface area contributed by atoms with Crippen molar-refractivity contribution in [2.45, 2.75) is 13.5 Å². The molecule has 1 heterocycles. The fraction of sp³-hybridized carbons (Fsp3) is 0.231. The first-order valence-corrected chi connectivity index (χ1v) is 5.51.